The molecule has 5 heteroatoms. The van der Waals surface area contributed by atoms with Crippen LogP contribution >= 0.6 is 0 Å². The second-order valence-corrected chi connectivity index (χ2v) is 6.55. The van der Waals surface area contributed by atoms with Gasteiger partial charge in [-0.25, -0.2) is 4.79 Å². The number of ether oxygens (including phenoxy) is 1. The quantitative estimate of drug-likeness (QED) is 0.918. The molecule has 2 atom stereocenters. The Labute approximate surface area is 149 Å². The standard InChI is InChI=1S/C20H25N3O2/c1-5-18(15-8-10-21-11-9-15)23(4)20(24)22-17-12-25-19-14(3)13(2)6-7-16(17)19/h6-11,17-18H,5,12H2,1-4H3,(H,22,24)/t17-,18+/m1/s1. The zero-order valence-electron chi connectivity index (χ0n) is 15.2. The predicted molar refractivity (Wildman–Crippen MR) is 97.7 cm³/mol. The number of hydrogen-bond acceptors (Lipinski definition) is 3. The Kier molecular flexibility index (Phi) is 4.93. The summed E-state index contributed by atoms with van der Waals surface area (Å²) in [4.78, 5) is 18.6. The van der Waals surface area contributed by atoms with E-state index in [1.54, 1.807) is 17.3 Å². The van der Waals surface area contributed by atoms with Crippen LogP contribution in [0.25, 0.3) is 0 Å². The maximum atomic E-state index is 12.8. The van der Waals surface area contributed by atoms with E-state index in [0.717, 1.165) is 28.9 Å². The van der Waals surface area contributed by atoms with Gasteiger partial charge < -0.3 is 15.0 Å². The molecule has 25 heavy (non-hydrogen) atoms. The number of pyridine rings is 1. The van der Waals surface area contributed by atoms with Crippen molar-refractivity contribution in [2.75, 3.05) is 13.7 Å². The van der Waals surface area contributed by atoms with Crippen molar-refractivity contribution in [1.82, 2.24) is 15.2 Å². The van der Waals surface area contributed by atoms with Crippen molar-refractivity contribution < 1.29 is 9.53 Å². The zero-order valence-corrected chi connectivity index (χ0v) is 15.2. The van der Waals surface area contributed by atoms with Crippen LogP contribution in [0, 0.1) is 13.8 Å². The summed E-state index contributed by atoms with van der Waals surface area (Å²) in [5, 5.41) is 3.11. The number of fused-ring (bicyclic) bond motifs is 1. The number of rotatable bonds is 4. The maximum absolute atomic E-state index is 12.8. The fourth-order valence-electron chi connectivity index (χ4n) is 3.36. The SMILES string of the molecule is CC[C@@H](c1ccncc1)N(C)C(=O)N[C@@H]1COc2c1ccc(C)c2C. The van der Waals surface area contributed by atoms with Gasteiger partial charge in [0.1, 0.15) is 12.4 Å². The molecule has 2 aromatic rings. The minimum absolute atomic E-state index is 0.0181. The Bertz CT molecular complexity index is 761. The number of nitrogens with one attached hydrogen (secondary N) is 1. The Hall–Kier alpha value is -2.56. The molecule has 0 radical (unpaired) electrons. The third kappa shape index (κ3) is 3.31. The second kappa shape index (κ2) is 7.13. The van der Waals surface area contributed by atoms with Gasteiger partial charge >= 0.3 is 6.03 Å². The van der Waals surface area contributed by atoms with E-state index in [9.17, 15) is 4.79 Å². The van der Waals surface area contributed by atoms with E-state index in [0.29, 0.717) is 6.61 Å². The predicted octanol–water partition coefficient (Wildman–Crippen LogP) is 3.92. The van der Waals surface area contributed by atoms with Crippen LogP contribution in [0.3, 0.4) is 0 Å². The Morgan fingerprint density at radius 2 is 2.04 bits per heavy atom. The van der Waals surface area contributed by atoms with Crippen molar-refractivity contribution in [3.05, 3.63) is 58.9 Å². The highest BCUT2D eigenvalue weighted by Crippen LogP contribution is 2.36. The lowest BCUT2D eigenvalue weighted by atomic mass is 10.0. The first-order valence-corrected chi connectivity index (χ1v) is 8.69. The van der Waals surface area contributed by atoms with Gasteiger partial charge in [0.2, 0.25) is 0 Å². The first kappa shape index (κ1) is 17.3. The molecule has 1 N–H and O–H groups in total. The number of carbonyl (C=O) groups excluding carboxylic acids is 1. The molecular formula is C20H25N3O2. The molecule has 5 nitrogen and oxygen atoms in total. The summed E-state index contributed by atoms with van der Waals surface area (Å²) in [6.45, 7) is 6.68. The fourth-order valence-corrected chi connectivity index (χ4v) is 3.36. The third-order valence-corrected chi connectivity index (χ3v) is 5.04. The average molecular weight is 339 g/mol. The van der Waals surface area contributed by atoms with E-state index in [-0.39, 0.29) is 18.1 Å². The Morgan fingerprint density at radius 1 is 1.32 bits per heavy atom. The summed E-state index contributed by atoms with van der Waals surface area (Å²) in [7, 11) is 1.83. The van der Waals surface area contributed by atoms with E-state index in [1.165, 1.54) is 5.56 Å². The number of benzene rings is 1. The number of urea groups is 1. The highest BCUT2D eigenvalue weighted by atomic mass is 16.5. The van der Waals surface area contributed by atoms with E-state index < -0.39 is 0 Å². The molecule has 0 saturated carbocycles. The normalized spacial score (nSPS) is 16.7. The molecule has 132 valence electrons. The van der Waals surface area contributed by atoms with Gasteiger partial charge in [0.15, 0.2) is 0 Å². The van der Waals surface area contributed by atoms with Gasteiger partial charge in [-0.05, 0) is 49.1 Å². The molecule has 0 spiro atoms. The lowest BCUT2D eigenvalue weighted by Crippen LogP contribution is -2.41. The molecular weight excluding hydrogens is 314 g/mol. The highest BCUT2D eigenvalue weighted by molar-refractivity contribution is 5.75. The van der Waals surface area contributed by atoms with Crippen molar-refractivity contribution in [3.63, 3.8) is 0 Å². The first-order valence-electron chi connectivity index (χ1n) is 8.69. The van der Waals surface area contributed by atoms with Gasteiger partial charge in [-0.3, -0.25) is 4.98 Å². The van der Waals surface area contributed by atoms with Gasteiger partial charge in [0, 0.05) is 25.0 Å². The topological polar surface area (TPSA) is 54.5 Å². The molecule has 1 aromatic heterocycles. The smallest absolute Gasteiger partial charge is 0.318 e. The van der Waals surface area contributed by atoms with Crippen LogP contribution in [0.1, 0.15) is 47.7 Å². The molecule has 3 rings (SSSR count). The first-order chi connectivity index (χ1) is 12.0. The molecule has 0 unspecified atom stereocenters. The summed E-state index contributed by atoms with van der Waals surface area (Å²) >= 11 is 0. The van der Waals surface area contributed by atoms with Gasteiger partial charge in [-0.15, -0.1) is 0 Å². The summed E-state index contributed by atoms with van der Waals surface area (Å²) in [6.07, 6.45) is 4.36. The van der Waals surface area contributed by atoms with Crippen molar-refractivity contribution in [3.8, 4) is 5.75 Å². The molecule has 1 aliphatic heterocycles. The number of hydrogen-bond donors (Lipinski definition) is 1. The summed E-state index contributed by atoms with van der Waals surface area (Å²) in [5.74, 6) is 0.911. The van der Waals surface area contributed by atoms with Crippen molar-refractivity contribution >= 4 is 6.03 Å². The van der Waals surface area contributed by atoms with Crippen molar-refractivity contribution in [2.45, 2.75) is 39.3 Å². The molecule has 0 bridgehead atoms. The zero-order chi connectivity index (χ0) is 18.0. The summed E-state index contributed by atoms with van der Waals surface area (Å²) in [6, 6.07) is 7.86. The number of nitrogens with zero attached hydrogens (tertiary/aromatic N) is 2. The van der Waals surface area contributed by atoms with Crippen LogP contribution in [0.5, 0.6) is 5.75 Å². The van der Waals surface area contributed by atoms with Crippen LogP contribution in [-0.2, 0) is 0 Å². The van der Waals surface area contributed by atoms with E-state index in [2.05, 4.69) is 43.2 Å². The van der Waals surface area contributed by atoms with Gasteiger partial charge in [-0.2, -0.15) is 0 Å². The molecule has 0 saturated heterocycles. The molecule has 2 heterocycles. The van der Waals surface area contributed by atoms with E-state index >= 15 is 0 Å². The lowest BCUT2D eigenvalue weighted by molar-refractivity contribution is 0.181. The van der Waals surface area contributed by atoms with Gasteiger partial charge in [-0.1, -0.05) is 19.1 Å². The van der Waals surface area contributed by atoms with E-state index in [4.69, 9.17) is 4.74 Å². The van der Waals surface area contributed by atoms with Crippen LogP contribution < -0.4 is 10.1 Å². The van der Waals surface area contributed by atoms with E-state index in [1.807, 2.05) is 19.2 Å². The molecule has 0 aliphatic carbocycles. The largest absolute Gasteiger partial charge is 0.490 e. The average Bonchev–Trinajstić information content (AvgIpc) is 3.03. The maximum Gasteiger partial charge on any atom is 0.318 e. The van der Waals surface area contributed by atoms with Crippen LogP contribution in [0.4, 0.5) is 4.79 Å². The summed E-state index contributed by atoms with van der Waals surface area (Å²) < 4.78 is 5.83. The molecule has 0 fully saturated rings. The summed E-state index contributed by atoms with van der Waals surface area (Å²) in [5.41, 5.74) is 4.49. The number of carbonyl (C=O) groups is 1. The minimum atomic E-state index is -0.112. The number of amides is 2. The van der Waals surface area contributed by atoms with Crippen LogP contribution in [0.15, 0.2) is 36.7 Å². The number of aryl methyl sites for hydroxylation is 1. The monoisotopic (exact) mass is 339 g/mol. The van der Waals surface area contributed by atoms with Gasteiger partial charge in [0.25, 0.3) is 0 Å². The third-order valence-electron chi connectivity index (χ3n) is 5.04. The lowest BCUT2D eigenvalue weighted by Gasteiger charge is -2.29. The Morgan fingerprint density at radius 3 is 2.72 bits per heavy atom. The Balaban J connectivity index is 1.74. The fraction of sp³-hybridized carbons (Fsp3) is 0.400. The highest BCUT2D eigenvalue weighted by Gasteiger charge is 2.29. The van der Waals surface area contributed by atoms with Crippen LogP contribution in [0.2, 0.25) is 0 Å². The number of aromatic nitrogens is 1. The van der Waals surface area contributed by atoms with Crippen molar-refractivity contribution in [2.24, 2.45) is 0 Å². The van der Waals surface area contributed by atoms with Crippen LogP contribution in [-0.4, -0.2) is 29.6 Å². The molecule has 2 amide bonds. The second-order valence-electron chi connectivity index (χ2n) is 6.55. The molecule has 1 aliphatic rings. The van der Waals surface area contributed by atoms with Gasteiger partial charge in [0.05, 0.1) is 12.1 Å². The van der Waals surface area contributed by atoms with Crippen molar-refractivity contribution in [1.29, 1.82) is 0 Å². The molecule has 1 aromatic carbocycles. The minimum Gasteiger partial charge on any atom is -0.490 e.